The van der Waals surface area contributed by atoms with E-state index < -0.39 is 5.97 Å². The lowest BCUT2D eigenvalue weighted by Gasteiger charge is -2.06. The lowest BCUT2D eigenvalue weighted by molar-refractivity contribution is 0.0602. The largest absolute Gasteiger partial charge is 0.465 e. The number of hydrogen-bond acceptors (Lipinski definition) is 5. The second-order valence-electron chi connectivity index (χ2n) is 5.54. The number of benzene rings is 1. The Bertz CT molecular complexity index is 1110. The number of halogens is 1. The van der Waals surface area contributed by atoms with Crippen LogP contribution in [-0.2, 0) is 4.74 Å². The lowest BCUT2D eigenvalue weighted by Crippen LogP contribution is -2.06. The van der Waals surface area contributed by atoms with Crippen molar-refractivity contribution in [3.05, 3.63) is 71.5 Å². The molecule has 3 heterocycles. The first-order chi connectivity index (χ1) is 12.7. The first-order valence-corrected chi connectivity index (χ1v) is 8.19. The van der Waals surface area contributed by atoms with Crippen molar-refractivity contribution in [2.24, 2.45) is 0 Å². The second-order valence-corrected chi connectivity index (χ2v) is 5.98. The van der Waals surface area contributed by atoms with Crippen molar-refractivity contribution < 1.29 is 9.53 Å². The molecule has 0 aliphatic heterocycles. The molecule has 4 aromatic rings. The van der Waals surface area contributed by atoms with Crippen LogP contribution >= 0.6 is 11.6 Å². The predicted octanol–water partition coefficient (Wildman–Crippen LogP) is 3.90. The molecule has 3 aromatic heterocycles. The van der Waals surface area contributed by atoms with Crippen LogP contribution in [0.2, 0.25) is 5.02 Å². The van der Waals surface area contributed by atoms with Gasteiger partial charge in [-0.05, 0) is 36.4 Å². The summed E-state index contributed by atoms with van der Waals surface area (Å²) in [6.07, 6.45) is 3.40. The van der Waals surface area contributed by atoms with Crippen LogP contribution in [0, 0.1) is 0 Å². The van der Waals surface area contributed by atoms with E-state index in [1.54, 1.807) is 35.1 Å². The monoisotopic (exact) mass is 364 g/mol. The predicted molar refractivity (Wildman–Crippen MR) is 98.0 cm³/mol. The van der Waals surface area contributed by atoms with Gasteiger partial charge in [0.2, 0.25) is 0 Å². The summed E-state index contributed by atoms with van der Waals surface area (Å²) in [4.78, 5) is 20.7. The van der Waals surface area contributed by atoms with Crippen LogP contribution in [-0.4, -0.2) is 32.7 Å². The van der Waals surface area contributed by atoms with E-state index in [-0.39, 0.29) is 0 Å². The van der Waals surface area contributed by atoms with Crippen LogP contribution in [0.4, 0.5) is 0 Å². The van der Waals surface area contributed by atoms with Crippen LogP contribution in [0.5, 0.6) is 0 Å². The van der Waals surface area contributed by atoms with Gasteiger partial charge in [-0.3, -0.25) is 4.98 Å². The average molecular weight is 365 g/mol. The van der Waals surface area contributed by atoms with Gasteiger partial charge in [0.05, 0.1) is 12.8 Å². The van der Waals surface area contributed by atoms with Gasteiger partial charge in [0.1, 0.15) is 5.56 Å². The summed E-state index contributed by atoms with van der Waals surface area (Å²) in [6.45, 7) is 0. The molecule has 7 heteroatoms. The van der Waals surface area contributed by atoms with Crippen LogP contribution < -0.4 is 0 Å². The Kier molecular flexibility index (Phi) is 4.10. The Morgan fingerprint density at radius 3 is 2.62 bits per heavy atom. The van der Waals surface area contributed by atoms with Crippen molar-refractivity contribution in [1.29, 1.82) is 0 Å². The lowest BCUT2D eigenvalue weighted by atomic mass is 10.1. The number of carbonyl (C=O) groups excluding carboxylic acids is 1. The number of hydrogen-bond donors (Lipinski definition) is 0. The summed E-state index contributed by atoms with van der Waals surface area (Å²) in [6, 6.07) is 14.5. The summed E-state index contributed by atoms with van der Waals surface area (Å²) < 4.78 is 6.51. The number of carbonyl (C=O) groups is 1. The summed E-state index contributed by atoms with van der Waals surface area (Å²) in [5.41, 5.74) is 3.21. The summed E-state index contributed by atoms with van der Waals surface area (Å²) in [7, 11) is 1.34. The molecule has 6 nitrogen and oxygen atoms in total. The summed E-state index contributed by atoms with van der Waals surface area (Å²) >= 11 is 6.08. The molecule has 0 unspecified atom stereocenters. The minimum Gasteiger partial charge on any atom is -0.465 e. The van der Waals surface area contributed by atoms with Gasteiger partial charge in [0, 0.05) is 28.5 Å². The van der Waals surface area contributed by atoms with E-state index in [4.69, 9.17) is 16.3 Å². The third-order valence-electron chi connectivity index (χ3n) is 3.95. The maximum Gasteiger partial charge on any atom is 0.341 e. The molecule has 1 aromatic carbocycles. The number of pyridine rings is 2. The highest BCUT2D eigenvalue weighted by Gasteiger charge is 2.18. The van der Waals surface area contributed by atoms with Gasteiger partial charge in [-0.2, -0.15) is 0 Å². The number of ether oxygens (including phenoxy) is 1. The number of rotatable bonds is 3. The van der Waals surface area contributed by atoms with Crippen molar-refractivity contribution in [3.8, 4) is 22.6 Å². The molecule has 0 fully saturated rings. The van der Waals surface area contributed by atoms with E-state index >= 15 is 0 Å². The first kappa shape index (κ1) is 16.2. The van der Waals surface area contributed by atoms with Crippen LogP contribution in [0.3, 0.4) is 0 Å². The fourth-order valence-corrected chi connectivity index (χ4v) is 2.91. The zero-order valence-corrected chi connectivity index (χ0v) is 14.5. The Morgan fingerprint density at radius 2 is 1.88 bits per heavy atom. The highest BCUT2D eigenvalue weighted by molar-refractivity contribution is 6.30. The minimum atomic E-state index is -0.471. The Labute approximate surface area is 154 Å². The van der Waals surface area contributed by atoms with E-state index in [1.165, 1.54) is 7.11 Å². The zero-order valence-electron chi connectivity index (χ0n) is 13.8. The molecule has 0 saturated heterocycles. The Balaban J connectivity index is 1.99. The van der Waals surface area contributed by atoms with Gasteiger partial charge in [-0.15, -0.1) is 5.10 Å². The van der Waals surface area contributed by atoms with Gasteiger partial charge < -0.3 is 4.74 Å². The quantitative estimate of drug-likeness (QED) is 0.516. The molecule has 4 rings (SSSR count). The molecule has 0 radical (unpaired) electrons. The van der Waals surface area contributed by atoms with Crippen molar-refractivity contribution in [2.75, 3.05) is 7.11 Å². The van der Waals surface area contributed by atoms with Gasteiger partial charge in [-0.25, -0.2) is 14.3 Å². The highest BCUT2D eigenvalue weighted by atomic mass is 35.5. The molecular formula is C19H13ClN4O2. The molecule has 0 spiro atoms. The highest BCUT2D eigenvalue weighted by Crippen LogP contribution is 2.26. The van der Waals surface area contributed by atoms with Gasteiger partial charge >= 0.3 is 5.97 Å². The van der Waals surface area contributed by atoms with Crippen molar-refractivity contribution in [1.82, 2.24) is 19.6 Å². The van der Waals surface area contributed by atoms with Crippen molar-refractivity contribution >= 4 is 23.2 Å². The zero-order chi connectivity index (χ0) is 18.1. The molecule has 26 heavy (non-hydrogen) atoms. The number of nitrogens with zero attached hydrogens (tertiary/aromatic N) is 4. The van der Waals surface area contributed by atoms with Crippen LogP contribution in [0.25, 0.3) is 28.3 Å². The van der Waals surface area contributed by atoms with Gasteiger partial charge in [-0.1, -0.05) is 23.7 Å². The number of methoxy groups -OCH3 is 1. The molecule has 0 bridgehead atoms. The van der Waals surface area contributed by atoms with Crippen LogP contribution in [0.1, 0.15) is 10.4 Å². The van der Waals surface area contributed by atoms with E-state index in [0.717, 1.165) is 16.8 Å². The normalized spacial score (nSPS) is 10.8. The van der Waals surface area contributed by atoms with Gasteiger partial charge in [0.15, 0.2) is 11.5 Å². The van der Waals surface area contributed by atoms with E-state index in [2.05, 4.69) is 15.1 Å². The van der Waals surface area contributed by atoms with E-state index in [1.807, 2.05) is 30.3 Å². The third kappa shape index (κ3) is 2.80. The van der Waals surface area contributed by atoms with E-state index in [9.17, 15) is 4.79 Å². The maximum atomic E-state index is 12.1. The second kappa shape index (κ2) is 6.57. The molecule has 0 amide bonds. The summed E-state index contributed by atoms with van der Waals surface area (Å²) in [5, 5.41) is 5.18. The van der Waals surface area contributed by atoms with Crippen molar-refractivity contribution in [3.63, 3.8) is 0 Å². The molecular weight excluding hydrogens is 352 g/mol. The molecule has 0 aliphatic rings. The molecule has 0 atom stereocenters. The fourth-order valence-electron chi connectivity index (χ4n) is 2.72. The molecule has 0 aliphatic carbocycles. The fraction of sp³-hybridized carbons (Fsp3) is 0.0526. The SMILES string of the molecule is COC(=O)c1ccc(-c2ccncc2)n2nc(-c3cccc(Cl)c3)nc12. The first-order valence-electron chi connectivity index (χ1n) is 7.82. The Hall–Kier alpha value is -3.25. The minimum absolute atomic E-state index is 0.339. The third-order valence-corrected chi connectivity index (χ3v) is 4.18. The number of fused-ring (bicyclic) bond motifs is 1. The molecule has 0 saturated carbocycles. The number of esters is 1. The smallest absolute Gasteiger partial charge is 0.341 e. The van der Waals surface area contributed by atoms with Gasteiger partial charge in [0.25, 0.3) is 0 Å². The van der Waals surface area contributed by atoms with Crippen LogP contribution in [0.15, 0.2) is 60.9 Å². The molecule has 128 valence electrons. The molecule has 0 N–H and O–H groups in total. The summed E-state index contributed by atoms with van der Waals surface area (Å²) in [5.74, 6) is 0.000446. The Morgan fingerprint density at radius 1 is 1.08 bits per heavy atom. The van der Waals surface area contributed by atoms with E-state index in [0.29, 0.717) is 22.1 Å². The average Bonchev–Trinajstić information content (AvgIpc) is 3.12. The topological polar surface area (TPSA) is 69.4 Å². The number of aromatic nitrogens is 4. The van der Waals surface area contributed by atoms with Crippen molar-refractivity contribution in [2.45, 2.75) is 0 Å². The standard InChI is InChI=1S/C19H13ClN4O2/c1-26-19(25)15-5-6-16(12-7-9-21-10-8-12)24-18(15)22-17(23-24)13-3-2-4-14(20)11-13/h2-11H,1H3. The maximum absolute atomic E-state index is 12.1.